The van der Waals surface area contributed by atoms with Crippen LogP contribution >= 0.6 is 43.5 Å². The highest BCUT2D eigenvalue weighted by Crippen LogP contribution is 2.47. The Labute approximate surface area is 311 Å². The third-order valence-corrected chi connectivity index (χ3v) is 11.5. The van der Waals surface area contributed by atoms with Crippen molar-refractivity contribution < 1.29 is 0 Å². The minimum Gasteiger partial charge on any atom is -0.309 e. The Morgan fingerprint density at radius 1 is 0.571 bits per heavy atom. The van der Waals surface area contributed by atoms with E-state index < -0.39 is 0 Å². The van der Waals surface area contributed by atoms with Crippen LogP contribution in [0, 0.1) is 0 Å². The van der Waals surface area contributed by atoms with Crippen LogP contribution in [0.5, 0.6) is 0 Å². The summed E-state index contributed by atoms with van der Waals surface area (Å²) in [5.41, 5.74) is 11.5. The van der Waals surface area contributed by atoms with Gasteiger partial charge in [0.1, 0.15) is 0 Å². The topological polar surface area (TPSA) is 8.17 Å². The summed E-state index contributed by atoms with van der Waals surface area (Å²) in [5.74, 6) is 0. The number of rotatable bonds is 5. The van der Waals surface area contributed by atoms with Crippen molar-refractivity contribution in [2.75, 3.05) is 4.90 Å². The van der Waals surface area contributed by atoms with Crippen molar-refractivity contribution >= 4 is 82.3 Å². The van der Waals surface area contributed by atoms with Gasteiger partial charge in [-0.3, -0.25) is 0 Å². The molecule has 0 fully saturated rings. The van der Waals surface area contributed by atoms with E-state index in [0.29, 0.717) is 5.02 Å². The summed E-state index contributed by atoms with van der Waals surface area (Å²) in [6.07, 6.45) is 0. The summed E-state index contributed by atoms with van der Waals surface area (Å²) in [4.78, 5) is 2.30. The van der Waals surface area contributed by atoms with E-state index in [-0.39, 0.29) is 10.8 Å². The fourth-order valence-electron chi connectivity index (χ4n) is 6.65. The summed E-state index contributed by atoms with van der Waals surface area (Å²) in [5, 5.41) is 3.19. The largest absolute Gasteiger partial charge is 0.309 e. The van der Waals surface area contributed by atoms with Gasteiger partial charge in [0.15, 0.2) is 0 Å². The summed E-state index contributed by atoms with van der Waals surface area (Å²) in [7, 11) is 0. The second-order valence-electron chi connectivity index (χ2n) is 14.8. The fourth-order valence-corrected chi connectivity index (χ4v) is 7.85. The molecular weight excluding hydrogens is 752 g/mol. The summed E-state index contributed by atoms with van der Waals surface area (Å²) < 4.78 is 4.23. The van der Waals surface area contributed by atoms with Crippen LogP contribution in [0.4, 0.5) is 17.1 Å². The molecule has 0 saturated carbocycles. The Hall–Kier alpha value is -3.83. The van der Waals surface area contributed by atoms with Crippen LogP contribution in [0.25, 0.3) is 38.6 Å². The van der Waals surface area contributed by atoms with E-state index in [1.54, 1.807) is 0 Å². The van der Waals surface area contributed by atoms with Crippen LogP contribution in [0.2, 0.25) is 5.02 Å². The Kier molecular flexibility index (Phi) is 8.80. The number of fused-ring (bicyclic) bond motifs is 3. The molecule has 1 heterocycles. The predicted octanol–water partition coefficient (Wildman–Crippen LogP) is 14.7. The summed E-state index contributed by atoms with van der Waals surface area (Å²) >= 11 is 14.4. The van der Waals surface area contributed by atoms with Gasteiger partial charge < -0.3 is 9.47 Å². The highest BCUT2D eigenvalue weighted by atomic mass is 79.9. The lowest BCUT2D eigenvalue weighted by Crippen LogP contribution is -2.13. The fraction of sp³-hybridized carbons (Fsp3) is 0.182. The lowest BCUT2D eigenvalue weighted by molar-refractivity contribution is 0.590. The van der Waals surface area contributed by atoms with E-state index in [1.165, 1.54) is 32.9 Å². The zero-order valence-electron chi connectivity index (χ0n) is 28.7. The van der Waals surface area contributed by atoms with Crippen molar-refractivity contribution in [3.63, 3.8) is 0 Å². The van der Waals surface area contributed by atoms with Gasteiger partial charge >= 0.3 is 0 Å². The van der Waals surface area contributed by atoms with Gasteiger partial charge in [-0.15, -0.1) is 0 Å². The van der Waals surface area contributed by atoms with E-state index >= 15 is 0 Å². The van der Waals surface area contributed by atoms with Gasteiger partial charge in [-0.25, -0.2) is 0 Å². The molecule has 7 aromatic rings. The van der Waals surface area contributed by atoms with Crippen molar-refractivity contribution in [2.45, 2.75) is 52.4 Å². The zero-order chi connectivity index (χ0) is 34.7. The first-order chi connectivity index (χ1) is 23.3. The molecule has 0 aliphatic carbocycles. The van der Waals surface area contributed by atoms with Crippen molar-refractivity contribution in [3.8, 4) is 16.8 Å². The molecule has 246 valence electrons. The molecule has 49 heavy (non-hydrogen) atoms. The SMILES string of the molecule is CC(C)(C)c1ccc2c(c1)c1cc(C(C)(C)C)ccc1n2-c1cccc(N(c2ccccc2-c2ccccc2)c2cc(Cl)cc(Br)c2Br)c1. The molecule has 0 atom stereocenters. The molecule has 0 unspecified atom stereocenters. The normalized spacial score (nSPS) is 12.2. The quantitative estimate of drug-likeness (QED) is 0.158. The van der Waals surface area contributed by atoms with E-state index in [9.17, 15) is 0 Å². The van der Waals surface area contributed by atoms with Gasteiger partial charge in [-0.1, -0.05) is 120 Å². The van der Waals surface area contributed by atoms with Crippen LogP contribution in [-0.4, -0.2) is 4.57 Å². The van der Waals surface area contributed by atoms with Crippen molar-refractivity contribution in [1.29, 1.82) is 0 Å². The highest BCUT2D eigenvalue weighted by molar-refractivity contribution is 9.13. The molecular formula is C44H39Br2ClN2. The highest BCUT2D eigenvalue weighted by Gasteiger charge is 2.24. The Morgan fingerprint density at radius 2 is 1.16 bits per heavy atom. The number of anilines is 3. The molecule has 0 radical (unpaired) electrons. The van der Waals surface area contributed by atoms with Gasteiger partial charge in [0.05, 0.1) is 26.9 Å². The zero-order valence-corrected chi connectivity index (χ0v) is 32.6. The van der Waals surface area contributed by atoms with Gasteiger partial charge in [0, 0.05) is 37.2 Å². The Bertz CT molecular complexity index is 2270. The smallest absolute Gasteiger partial charge is 0.0630 e. The first-order valence-electron chi connectivity index (χ1n) is 16.6. The van der Waals surface area contributed by atoms with Crippen LogP contribution in [0.3, 0.4) is 0 Å². The second-order valence-corrected chi connectivity index (χ2v) is 16.8. The number of aromatic nitrogens is 1. The van der Waals surface area contributed by atoms with E-state index in [0.717, 1.165) is 42.8 Å². The third kappa shape index (κ3) is 6.36. The summed E-state index contributed by atoms with van der Waals surface area (Å²) in [6.45, 7) is 13.7. The van der Waals surface area contributed by atoms with Crippen molar-refractivity contribution in [1.82, 2.24) is 4.57 Å². The number of nitrogens with zero attached hydrogens (tertiary/aromatic N) is 2. The van der Waals surface area contributed by atoms with Crippen molar-refractivity contribution in [3.05, 3.63) is 152 Å². The molecule has 0 bridgehead atoms. The monoisotopic (exact) mass is 788 g/mol. The number of hydrogen-bond acceptors (Lipinski definition) is 1. The lowest BCUT2D eigenvalue weighted by atomic mass is 9.85. The van der Waals surface area contributed by atoms with Crippen LogP contribution in [0.1, 0.15) is 52.7 Å². The number of halogens is 3. The molecule has 0 amide bonds. The Morgan fingerprint density at radius 3 is 1.78 bits per heavy atom. The first kappa shape index (κ1) is 33.7. The maximum atomic E-state index is 6.75. The average Bonchev–Trinajstić information content (AvgIpc) is 3.40. The molecule has 0 spiro atoms. The van der Waals surface area contributed by atoms with Crippen LogP contribution in [0.15, 0.2) is 136 Å². The standard InChI is InChI=1S/C44H39Br2ClN2/c1-43(2,3)29-19-21-39-35(23-29)36-24-30(44(4,5)6)20-22-40(36)48(39)32-15-12-16-33(27-32)49(41-26-31(47)25-37(45)42(41)46)38-18-11-10-17-34(38)28-13-8-7-9-14-28/h7-27H,1-6H3. The molecule has 5 heteroatoms. The average molecular weight is 791 g/mol. The molecule has 1 aromatic heterocycles. The van der Waals surface area contributed by atoms with E-state index in [1.807, 2.05) is 12.1 Å². The minimum absolute atomic E-state index is 0.0371. The molecule has 7 rings (SSSR count). The molecule has 2 nitrogen and oxygen atoms in total. The molecule has 0 saturated heterocycles. The molecule has 6 aromatic carbocycles. The number of benzene rings is 6. The Balaban J connectivity index is 1.51. The summed E-state index contributed by atoms with van der Waals surface area (Å²) in [6, 6.07) is 45.8. The van der Waals surface area contributed by atoms with Crippen LogP contribution in [-0.2, 0) is 10.8 Å². The van der Waals surface area contributed by atoms with Gasteiger partial charge in [-0.2, -0.15) is 0 Å². The van der Waals surface area contributed by atoms with Gasteiger partial charge in [0.25, 0.3) is 0 Å². The van der Waals surface area contributed by atoms with E-state index in [2.05, 4.69) is 198 Å². The maximum Gasteiger partial charge on any atom is 0.0630 e. The molecule has 0 N–H and O–H groups in total. The minimum atomic E-state index is 0.0371. The van der Waals surface area contributed by atoms with Gasteiger partial charge in [0.2, 0.25) is 0 Å². The third-order valence-electron chi connectivity index (χ3n) is 9.29. The number of para-hydroxylation sites is 1. The predicted molar refractivity (Wildman–Crippen MR) is 219 cm³/mol. The second kappa shape index (κ2) is 12.8. The van der Waals surface area contributed by atoms with Crippen molar-refractivity contribution in [2.24, 2.45) is 0 Å². The number of hydrogen-bond donors (Lipinski definition) is 0. The maximum absolute atomic E-state index is 6.75. The molecule has 0 aliphatic heterocycles. The lowest BCUT2D eigenvalue weighted by Gasteiger charge is -2.29. The van der Waals surface area contributed by atoms with Gasteiger partial charge in [-0.05, 0) is 120 Å². The molecule has 0 aliphatic rings. The first-order valence-corrected chi connectivity index (χ1v) is 18.6. The van der Waals surface area contributed by atoms with E-state index in [4.69, 9.17) is 11.6 Å². The van der Waals surface area contributed by atoms with Crippen LogP contribution < -0.4 is 4.90 Å².